The Labute approximate surface area is 163 Å². The first kappa shape index (κ1) is 20.8. The van der Waals surface area contributed by atoms with Crippen molar-refractivity contribution in [3.63, 3.8) is 0 Å². The fourth-order valence-corrected chi connectivity index (χ4v) is 3.14. The van der Waals surface area contributed by atoms with Crippen LogP contribution in [0.5, 0.6) is 0 Å². The van der Waals surface area contributed by atoms with Gasteiger partial charge in [0, 0.05) is 36.0 Å². The summed E-state index contributed by atoms with van der Waals surface area (Å²) in [5.74, 6) is 0.487. The summed E-state index contributed by atoms with van der Waals surface area (Å²) in [5.41, 5.74) is 8.14. The van der Waals surface area contributed by atoms with Crippen LogP contribution in [0.15, 0.2) is 41.9 Å². The van der Waals surface area contributed by atoms with Gasteiger partial charge in [0.1, 0.15) is 12.0 Å². The predicted octanol–water partition coefficient (Wildman–Crippen LogP) is 4.25. The molecular weight excluding hydrogens is 369 g/mol. The van der Waals surface area contributed by atoms with E-state index >= 15 is 0 Å². The molecule has 2 heterocycles. The van der Waals surface area contributed by atoms with Crippen LogP contribution in [0.1, 0.15) is 49.3 Å². The number of nitrogens with zero attached hydrogens (tertiary/aromatic N) is 2. The Balaban J connectivity index is 0.00000126. The molecule has 1 aliphatic rings. The Morgan fingerprint density at radius 1 is 1.41 bits per heavy atom. The van der Waals surface area contributed by atoms with Gasteiger partial charge in [-0.15, -0.1) is 0 Å². The molecule has 1 aromatic carbocycles. The van der Waals surface area contributed by atoms with E-state index in [2.05, 4.69) is 15.5 Å². The van der Waals surface area contributed by atoms with Crippen LogP contribution in [0.25, 0.3) is 0 Å². The van der Waals surface area contributed by atoms with Crippen LogP contribution in [0, 0.1) is 0 Å². The Kier molecular flexibility index (Phi) is 7.24. The number of anilines is 1. The standard InChI is InChI=1S/C17H19ClFN5O.C2H6/c1-10(19)11-3-2-4-12(16(11)18)17(25)24-8-6-14(13(20)9-24)22-15-5-7-21-23-15;1-2/h2-5,7,10H,6,8-9,20H2,1H3,(H2,21,22,23);1-2H3. The predicted molar refractivity (Wildman–Crippen MR) is 106 cm³/mol. The number of benzene rings is 1. The molecule has 0 saturated carbocycles. The zero-order valence-electron chi connectivity index (χ0n) is 15.7. The van der Waals surface area contributed by atoms with Crippen LogP contribution in [-0.2, 0) is 0 Å². The number of carbonyl (C=O) groups excluding carboxylic acids is 1. The molecule has 0 bridgehead atoms. The van der Waals surface area contributed by atoms with Crippen molar-refractivity contribution < 1.29 is 9.18 Å². The van der Waals surface area contributed by atoms with E-state index in [0.717, 1.165) is 11.5 Å². The summed E-state index contributed by atoms with van der Waals surface area (Å²) in [7, 11) is 0. The Morgan fingerprint density at radius 3 is 2.74 bits per heavy atom. The van der Waals surface area contributed by atoms with Crippen molar-refractivity contribution in [2.24, 2.45) is 5.73 Å². The van der Waals surface area contributed by atoms with Crippen molar-refractivity contribution in [1.29, 1.82) is 0 Å². The van der Waals surface area contributed by atoms with Crippen LogP contribution < -0.4 is 11.1 Å². The van der Waals surface area contributed by atoms with Gasteiger partial charge in [-0.3, -0.25) is 9.89 Å². The van der Waals surface area contributed by atoms with Crippen molar-refractivity contribution in [3.05, 3.63) is 58.0 Å². The lowest BCUT2D eigenvalue weighted by atomic mass is 10.0. The highest BCUT2D eigenvalue weighted by molar-refractivity contribution is 6.34. The molecule has 1 aliphatic heterocycles. The molecule has 0 aliphatic carbocycles. The van der Waals surface area contributed by atoms with Crippen molar-refractivity contribution in [2.45, 2.75) is 33.4 Å². The minimum Gasteiger partial charge on any atom is -0.399 e. The second-order valence-corrected chi connectivity index (χ2v) is 6.28. The maximum atomic E-state index is 13.6. The Bertz CT molecular complexity index is 804. The molecule has 146 valence electrons. The van der Waals surface area contributed by atoms with Crippen LogP contribution >= 0.6 is 11.6 Å². The molecule has 0 spiro atoms. The van der Waals surface area contributed by atoms with Gasteiger partial charge in [-0.2, -0.15) is 5.10 Å². The van der Waals surface area contributed by atoms with Crippen molar-refractivity contribution in [1.82, 2.24) is 15.1 Å². The number of carbonyl (C=O) groups is 1. The summed E-state index contributed by atoms with van der Waals surface area (Å²) in [4.78, 5) is 14.4. The fraction of sp³-hybridized carbons (Fsp3) is 0.368. The SMILES string of the molecule is CC.CC(F)c1cccc(C(=O)N2CCC(Nc3ccn[nH]3)=C(N)C2)c1Cl. The quantitative estimate of drug-likeness (QED) is 0.724. The number of halogens is 2. The highest BCUT2D eigenvalue weighted by atomic mass is 35.5. The molecule has 2 aromatic rings. The van der Waals surface area contributed by atoms with Gasteiger partial charge in [-0.05, 0) is 13.0 Å². The zero-order valence-corrected chi connectivity index (χ0v) is 16.5. The van der Waals surface area contributed by atoms with Gasteiger partial charge in [0.2, 0.25) is 0 Å². The maximum Gasteiger partial charge on any atom is 0.255 e. The lowest BCUT2D eigenvalue weighted by Crippen LogP contribution is -2.40. The van der Waals surface area contributed by atoms with Crippen LogP contribution in [0.2, 0.25) is 5.02 Å². The lowest BCUT2D eigenvalue weighted by molar-refractivity contribution is 0.0763. The van der Waals surface area contributed by atoms with Crippen LogP contribution in [0.3, 0.4) is 0 Å². The van der Waals surface area contributed by atoms with Crippen LogP contribution in [-0.4, -0.2) is 34.1 Å². The van der Waals surface area contributed by atoms with Crippen molar-refractivity contribution in [3.8, 4) is 0 Å². The third-order valence-corrected chi connectivity index (χ3v) is 4.56. The number of nitrogens with one attached hydrogen (secondary N) is 2. The van der Waals surface area contributed by atoms with Gasteiger partial charge in [0.25, 0.3) is 5.91 Å². The molecule has 27 heavy (non-hydrogen) atoms. The third-order valence-electron chi connectivity index (χ3n) is 4.14. The van der Waals surface area contributed by atoms with Gasteiger partial charge in [0.05, 0.1) is 23.3 Å². The van der Waals surface area contributed by atoms with Gasteiger partial charge < -0.3 is 16.0 Å². The van der Waals surface area contributed by atoms with E-state index in [9.17, 15) is 9.18 Å². The molecular formula is C19H25ClFN5O. The average Bonchev–Trinajstić information content (AvgIpc) is 3.17. The third kappa shape index (κ3) is 4.80. The highest BCUT2D eigenvalue weighted by Gasteiger charge is 2.25. The minimum absolute atomic E-state index is 0.159. The van der Waals surface area contributed by atoms with Gasteiger partial charge in [-0.1, -0.05) is 37.6 Å². The topological polar surface area (TPSA) is 87.0 Å². The number of alkyl halides is 1. The van der Waals surface area contributed by atoms with E-state index in [0.29, 0.717) is 29.8 Å². The molecule has 1 amide bonds. The first-order valence-electron chi connectivity index (χ1n) is 8.93. The number of nitrogens with two attached hydrogens (primary N) is 1. The molecule has 1 aromatic heterocycles. The molecule has 4 N–H and O–H groups in total. The summed E-state index contributed by atoms with van der Waals surface area (Å²) in [6.45, 7) is 6.16. The molecule has 3 rings (SSSR count). The summed E-state index contributed by atoms with van der Waals surface area (Å²) in [6.07, 6.45) is 0.975. The summed E-state index contributed by atoms with van der Waals surface area (Å²) >= 11 is 6.22. The monoisotopic (exact) mass is 393 g/mol. The van der Waals surface area contributed by atoms with Crippen molar-refractivity contribution in [2.75, 3.05) is 18.4 Å². The van der Waals surface area contributed by atoms with E-state index < -0.39 is 6.17 Å². The van der Waals surface area contributed by atoms with Gasteiger partial charge in [-0.25, -0.2) is 4.39 Å². The Morgan fingerprint density at radius 2 is 2.15 bits per heavy atom. The van der Waals surface area contributed by atoms with Gasteiger partial charge in [0.15, 0.2) is 0 Å². The van der Waals surface area contributed by atoms with E-state index in [1.165, 1.54) is 6.92 Å². The number of amides is 1. The largest absolute Gasteiger partial charge is 0.399 e. The van der Waals surface area contributed by atoms with Gasteiger partial charge >= 0.3 is 0 Å². The Hall–Kier alpha value is -2.54. The lowest BCUT2D eigenvalue weighted by Gasteiger charge is -2.30. The molecule has 0 fully saturated rings. The van der Waals surface area contributed by atoms with E-state index in [1.54, 1.807) is 35.4 Å². The highest BCUT2D eigenvalue weighted by Crippen LogP contribution is 2.30. The minimum atomic E-state index is -1.24. The number of rotatable bonds is 4. The van der Waals surface area contributed by atoms with E-state index in [-0.39, 0.29) is 17.5 Å². The number of H-pyrrole nitrogens is 1. The maximum absolute atomic E-state index is 13.6. The second kappa shape index (κ2) is 9.41. The van der Waals surface area contributed by atoms with Crippen molar-refractivity contribution >= 4 is 23.3 Å². The van der Waals surface area contributed by atoms with Crippen LogP contribution in [0.4, 0.5) is 10.2 Å². The zero-order chi connectivity index (χ0) is 20.0. The van der Waals surface area contributed by atoms with E-state index in [4.69, 9.17) is 17.3 Å². The molecule has 6 nitrogen and oxygen atoms in total. The number of aromatic amines is 1. The normalized spacial score (nSPS) is 15.1. The molecule has 1 atom stereocenters. The number of hydrogen-bond acceptors (Lipinski definition) is 4. The molecule has 8 heteroatoms. The van der Waals surface area contributed by atoms with E-state index in [1.807, 2.05) is 13.8 Å². The molecule has 1 unspecified atom stereocenters. The molecule has 0 saturated heterocycles. The number of aromatic nitrogens is 2. The summed E-state index contributed by atoms with van der Waals surface area (Å²) in [5, 5.41) is 10.00. The smallest absolute Gasteiger partial charge is 0.255 e. The second-order valence-electron chi connectivity index (χ2n) is 5.90. The first-order chi connectivity index (χ1) is 13.0. The average molecular weight is 394 g/mol. The first-order valence-corrected chi connectivity index (χ1v) is 9.30. The molecule has 0 radical (unpaired) electrons. The summed E-state index contributed by atoms with van der Waals surface area (Å²) < 4.78 is 13.6. The fourth-order valence-electron chi connectivity index (χ4n) is 2.78. The summed E-state index contributed by atoms with van der Waals surface area (Å²) in [6, 6.07) is 6.62. The number of hydrogen-bond donors (Lipinski definition) is 3.